The van der Waals surface area contributed by atoms with Crippen LogP contribution in [0.25, 0.3) is 0 Å². The van der Waals surface area contributed by atoms with Crippen LogP contribution in [0.5, 0.6) is 5.75 Å². The summed E-state index contributed by atoms with van der Waals surface area (Å²) in [6.45, 7) is 4.99. The lowest BCUT2D eigenvalue weighted by Crippen LogP contribution is -2.54. The second-order valence-corrected chi connectivity index (χ2v) is 14.2. The summed E-state index contributed by atoms with van der Waals surface area (Å²) in [6.07, 6.45) is 0.207. The fraction of sp³-hybridized carbons (Fsp3) is 0.257. The van der Waals surface area contributed by atoms with Gasteiger partial charge in [0, 0.05) is 24.0 Å². The zero-order valence-electron chi connectivity index (χ0n) is 26.1. The van der Waals surface area contributed by atoms with E-state index in [9.17, 15) is 18.0 Å². The monoisotopic (exact) mass is 725 g/mol. The number of carbonyl (C=O) groups is 2. The Morgan fingerprint density at radius 1 is 0.935 bits per heavy atom. The number of benzene rings is 4. The quantitative estimate of drug-likeness (QED) is 0.164. The lowest BCUT2D eigenvalue weighted by atomic mass is 10.0. The molecule has 11 heteroatoms. The number of amides is 2. The maximum Gasteiger partial charge on any atom is 0.264 e. The largest absolute Gasteiger partial charge is 0.496 e. The van der Waals surface area contributed by atoms with E-state index in [2.05, 4.69) is 21.2 Å². The van der Waals surface area contributed by atoms with Gasteiger partial charge in [0.15, 0.2) is 0 Å². The van der Waals surface area contributed by atoms with Gasteiger partial charge in [-0.3, -0.25) is 13.9 Å². The Bertz CT molecular complexity index is 1770. The standard InChI is InChI=1S/C35H37BrClN3O5S/c1-24(2)38-35(42)32(20-26-10-6-5-7-11-26)39(22-27-12-8-9-13-31(27)37)34(41)23-40(28-16-14-25(3)15-17-28)46(43,44)29-18-19-33(45-4)30(36)21-29/h5-19,21,24,32H,20,22-23H2,1-4H3,(H,38,42)/t32-/m1/s1. The number of methoxy groups -OCH3 is 1. The molecule has 46 heavy (non-hydrogen) atoms. The van der Waals surface area contributed by atoms with E-state index in [-0.39, 0.29) is 29.8 Å². The molecule has 0 radical (unpaired) electrons. The SMILES string of the molecule is COc1ccc(S(=O)(=O)N(CC(=O)N(Cc2ccccc2Cl)[C@H](Cc2ccccc2)C(=O)NC(C)C)c2ccc(C)cc2)cc1Br. The van der Waals surface area contributed by atoms with E-state index < -0.39 is 28.5 Å². The van der Waals surface area contributed by atoms with Gasteiger partial charge in [0.25, 0.3) is 10.0 Å². The van der Waals surface area contributed by atoms with Crippen LogP contribution >= 0.6 is 27.5 Å². The number of nitrogens with one attached hydrogen (secondary N) is 1. The molecule has 0 unspecified atom stereocenters. The maximum atomic E-state index is 14.5. The molecule has 0 aliphatic heterocycles. The van der Waals surface area contributed by atoms with Gasteiger partial charge in [-0.1, -0.05) is 77.8 Å². The molecule has 0 aliphatic carbocycles. The smallest absolute Gasteiger partial charge is 0.264 e. The van der Waals surface area contributed by atoms with Crippen molar-refractivity contribution in [2.45, 2.75) is 50.7 Å². The van der Waals surface area contributed by atoms with Crippen molar-refractivity contribution in [1.82, 2.24) is 10.2 Å². The highest BCUT2D eigenvalue weighted by atomic mass is 79.9. The number of hydrogen-bond donors (Lipinski definition) is 1. The Balaban J connectivity index is 1.82. The van der Waals surface area contributed by atoms with Crippen molar-refractivity contribution in [2.75, 3.05) is 18.0 Å². The third-order valence-electron chi connectivity index (χ3n) is 7.31. The van der Waals surface area contributed by atoms with Gasteiger partial charge in [0.2, 0.25) is 11.8 Å². The van der Waals surface area contributed by atoms with E-state index in [4.69, 9.17) is 16.3 Å². The van der Waals surface area contributed by atoms with Gasteiger partial charge in [-0.05, 0) is 84.2 Å². The van der Waals surface area contributed by atoms with Crippen LogP contribution in [0.1, 0.15) is 30.5 Å². The first kappa shape index (κ1) is 35.0. The topological polar surface area (TPSA) is 96.0 Å². The molecule has 0 fully saturated rings. The minimum Gasteiger partial charge on any atom is -0.496 e. The zero-order chi connectivity index (χ0) is 33.4. The van der Waals surface area contributed by atoms with Crippen molar-refractivity contribution < 1.29 is 22.7 Å². The Hall–Kier alpha value is -3.86. The number of ether oxygens (including phenoxy) is 1. The molecule has 0 saturated heterocycles. The van der Waals surface area contributed by atoms with Gasteiger partial charge in [-0.2, -0.15) is 0 Å². The van der Waals surface area contributed by atoms with E-state index in [1.54, 1.807) is 54.6 Å². The fourth-order valence-electron chi connectivity index (χ4n) is 4.92. The van der Waals surface area contributed by atoms with E-state index >= 15 is 0 Å². The second-order valence-electron chi connectivity index (χ2n) is 11.1. The summed E-state index contributed by atoms with van der Waals surface area (Å²) >= 11 is 9.93. The molecule has 0 spiro atoms. The number of rotatable bonds is 13. The van der Waals surface area contributed by atoms with Crippen molar-refractivity contribution >= 4 is 55.1 Å². The predicted octanol–water partition coefficient (Wildman–Crippen LogP) is 6.78. The van der Waals surface area contributed by atoms with Gasteiger partial charge < -0.3 is 15.0 Å². The van der Waals surface area contributed by atoms with E-state index in [1.165, 1.54) is 24.1 Å². The lowest BCUT2D eigenvalue weighted by molar-refractivity contribution is -0.140. The van der Waals surface area contributed by atoms with Gasteiger partial charge in [-0.25, -0.2) is 8.42 Å². The molecule has 0 aliphatic rings. The molecule has 242 valence electrons. The van der Waals surface area contributed by atoms with Crippen molar-refractivity contribution in [3.8, 4) is 5.75 Å². The van der Waals surface area contributed by atoms with Crippen LogP contribution in [0.2, 0.25) is 5.02 Å². The van der Waals surface area contributed by atoms with Gasteiger partial charge in [0.1, 0.15) is 18.3 Å². The number of anilines is 1. The summed E-state index contributed by atoms with van der Waals surface area (Å²) in [5, 5.41) is 3.37. The summed E-state index contributed by atoms with van der Waals surface area (Å²) in [6, 6.07) is 26.6. The normalized spacial score (nSPS) is 12.0. The summed E-state index contributed by atoms with van der Waals surface area (Å²) in [4.78, 5) is 29.7. The van der Waals surface area contributed by atoms with E-state index in [0.717, 1.165) is 15.4 Å². The highest BCUT2D eigenvalue weighted by molar-refractivity contribution is 9.10. The fourth-order valence-corrected chi connectivity index (χ4v) is 7.25. The predicted molar refractivity (Wildman–Crippen MR) is 186 cm³/mol. The first-order valence-corrected chi connectivity index (χ1v) is 17.3. The van der Waals surface area contributed by atoms with Crippen LogP contribution in [-0.4, -0.2) is 50.9 Å². The Morgan fingerprint density at radius 3 is 2.20 bits per heavy atom. The molecule has 8 nitrogen and oxygen atoms in total. The average Bonchev–Trinajstić information content (AvgIpc) is 3.02. The molecule has 0 heterocycles. The van der Waals surface area contributed by atoms with Crippen LogP contribution in [0.4, 0.5) is 5.69 Å². The van der Waals surface area contributed by atoms with E-state index in [1.807, 2.05) is 51.1 Å². The molecular weight excluding hydrogens is 690 g/mol. The van der Waals surface area contributed by atoms with Crippen LogP contribution in [-0.2, 0) is 32.6 Å². The van der Waals surface area contributed by atoms with Gasteiger partial charge >= 0.3 is 0 Å². The summed E-state index contributed by atoms with van der Waals surface area (Å²) in [5.41, 5.74) is 2.69. The highest BCUT2D eigenvalue weighted by Crippen LogP contribution is 2.31. The molecule has 1 atom stereocenters. The summed E-state index contributed by atoms with van der Waals surface area (Å²) in [5.74, 6) is -0.470. The number of halogens is 2. The first-order chi connectivity index (χ1) is 21.9. The molecule has 0 bridgehead atoms. The van der Waals surface area contributed by atoms with Crippen molar-refractivity contribution in [2.24, 2.45) is 0 Å². The van der Waals surface area contributed by atoms with Gasteiger partial charge in [-0.15, -0.1) is 0 Å². The second kappa shape index (κ2) is 15.6. The molecular formula is C35H37BrClN3O5S. The van der Waals surface area contributed by atoms with Crippen LogP contribution in [0, 0.1) is 6.92 Å². The minimum absolute atomic E-state index is 0.0165. The highest BCUT2D eigenvalue weighted by Gasteiger charge is 2.35. The lowest BCUT2D eigenvalue weighted by Gasteiger charge is -2.34. The van der Waals surface area contributed by atoms with Crippen molar-refractivity contribution in [1.29, 1.82) is 0 Å². The number of carbonyl (C=O) groups excluding carboxylic acids is 2. The number of sulfonamides is 1. The minimum atomic E-state index is -4.27. The van der Waals surface area contributed by atoms with E-state index in [0.29, 0.717) is 26.5 Å². The zero-order valence-corrected chi connectivity index (χ0v) is 29.3. The van der Waals surface area contributed by atoms with Crippen molar-refractivity contribution in [3.63, 3.8) is 0 Å². The first-order valence-electron chi connectivity index (χ1n) is 14.7. The number of hydrogen-bond acceptors (Lipinski definition) is 5. The van der Waals surface area contributed by atoms with Gasteiger partial charge in [0.05, 0.1) is 22.2 Å². The molecule has 0 aromatic heterocycles. The third kappa shape index (κ3) is 8.69. The molecule has 2 amide bonds. The Kier molecular flexibility index (Phi) is 11.9. The number of aryl methyl sites for hydroxylation is 1. The van der Waals surface area contributed by atoms with Crippen LogP contribution < -0.4 is 14.4 Å². The maximum absolute atomic E-state index is 14.5. The molecule has 0 saturated carbocycles. The average molecular weight is 727 g/mol. The Labute approximate surface area is 284 Å². The summed E-state index contributed by atoms with van der Waals surface area (Å²) < 4.78 is 35.4. The Morgan fingerprint density at radius 2 is 1.59 bits per heavy atom. The summed E-state index contributed by atoms with van der Waals surface area (Å²) in [7, 11) is -2.79. The molecule has 1 N–H and O–H groups in total. The molecule has 4 rings (SSSR count). The molecule has 4 aromatic rings. The van der Waals surface area contributed by atoms with Crippen molar-refractivity contribution in [3.05, 3.63) is 123 Å². The molecule has 4 aromatic carbocycles. The van der Waals surface area contributed by atoms with Crippen LogP contribution in [0.3, 0.4) is 0 Å². The third-order valence-corrected chi connectivity index (χ3v) is 10.1. The van der Waals surface area contributed by atoms with Crippen LogP contribution in [0.15, 0.2) is 106 Å². The number of nitrogens with zero attached hydrogens (tertiary/aromatic N) is 2.